The second-order valence-electron chi connectivity index (χ2n) is 1.64. The minimum atomic E-state index is -0.132. The lowest BCUT2D eigenvalue weighted by Crippen LogP contribution is -1.85. The lowest BCUT2D eigenvalue weighted by molar-refractivity contribution is -0.107. The van der Waals surface area contributed by atoms with Gasteiger partial charge in [-0.1, -0.05) is 6.92 Å². The summed E-state index contributed by atoms with van der Waals surface area (Å²) in [6.45, 7) is 3.61. The predicted octanol–water partition coefficient (Wildman–Crippen LogP) is 1.43. The van der Waals surface area contributed by atoms with Crippen molar-refractivity contribution in [3.63, 3.8) is 0 Å². The molecule has 0 saturated heterocycles. The van der Waals surface area contributed by atoms with E-state index in [0.29, 0.717) is 6.29 Å². The average molecular weight is 114 g/mol. The van der Waals surface area contributed by atoms with E-state index >= 15 is 0 Å². The van der Waals surface area contributed by atoms with E-state index in [4.69, 9.17) is 5.11 Å². The zero-order valence-corrected chi connectivity index (χ0v) is 5.14. The molecule has 0 aromatic carbocycles. The third-order valence-corrected chi connectivity index (χ3v) is 1.08. The van der Waals surface area contributed by atoms with Gasteiger partial charge in [0.2, 0.25) is 0 Å². The van der Waals surface area contributed by atoms with Crippen molar-refractivity contribution in [2.75, 3.05) is 0 Å². The van der Waals surface area contributed by atoms with Crippen LogP contribution in [0.1, 0.15) is 20.3 Å². The molecular formula is C6H10O2. The first-order valence-electron chi connectivity index (χ1n) is 2.56. The molecule has 46 valence electrons. The molecular weight excluding hydrogens is 104 g/mol. The van der Waals surface area contributed by atoms with Crippen molar-refractivity contribution < 1.29 is 9.90 Å². The van der Waals surface area contributed by atoms with E-state index in [0.717, 1.165) is 12.0 Å². The molecule has 0 aliphatic carbocycles. The highest BCUT2D eigenvalue weighted by Gasteiger charge is 1.92. The summed E-state index contributed by atoms with van der Waals surface area (Å²) in [5.74, 6) is -0.132. The molecule has 1 N–H and O–H groups in total. The summed E-state index contributed by atoms with van der Waals surface area (Å²) in [6.07, 6.45) is 1.18. The van der Waals surface area contributed by atoms with Crippen molar-refractivity contribution in [3.05, 3.63) is 11.3 Å². The molecule has 0 rings (SSSR count). The Morgan fingerprint density at radius 1 is 1.75 bits per heavy atom. The second-order valence-corrected chi connectivity index (χ2v) is 1.64. The molecule has 0 aromatic heterocycles. The molecule has 0 fully saturated rings. The molecule has 0 aliphatic heterocycles. The third kappa shape index (κ3) is 1.78. The van der Waals surface area contributed by atoms with Gasteiger partial charge in [-0.05, 0) is 18.9 Å². The van der Waals surface area contributed by atoms with E-state index in [1.165, 1.54) is 0 Å². The number of aliphatic hydroxyl groups is 1. The lowest BCUT2D eigenvalue weighted by Gasteiger charge is -1.92. The maximum Gasteiger partial charge on any atom is 0.184 e. The highest BCUT2D eigenvalue weighted by molar-refractivity contribution is 5.70. The molecule has 2 nitrogen and oxygen atoms in total. The van der Waals surface area contributed by atoms with Crippen LogP contribution in [0.3, 0.4) is 0 Å². The minimum absolute atomic E-state index is 0.132. The molecule has 0 aliphatic rings. The molecule has 0 saturated carbocycles. The third-order valence-electron chi connectivity index (χ3n) is 1.08. The van der Waals surface area contributed by atoms with Gasteiger partial charge in [-0.3, -0.25) is 4.79 Å². The normalized spacial score (nSPS) is 12.8. The van der Waals surface area contributed by atoms with Gasteiger partial charge in [0.1, 0.15) is 0 Å². The van der Waals surface area contributed by atoms with E-state index in [1.807, 2.05) is 6.92 Å². The first-order chi connectivity index (χ1) is 3.72. The quantitative estimate of drug-likeness (QED) is 0.335. The smallest absolute Gasteiger partial charge is 0.184 e. The van der Waals surface area contributed by atoms with E-state index in [1.54, 1.807) is 6.92 Å². The van der Waals surface area contributed by atoms with Crippen LogP contribution in [-0.2, 0) is 4.79 Å². The van der Waals surface area contributed by atoms with E-state index in [2.05, 4.69) is 0 Å². The first-order valence-corrected chi connectivity index (χ1v) is 2.56. The maximum absolute atomic E-state index is 9.80. The number of hydrogen-bond acceptors (Lipinski definition) is 2. The second kappa shape index (κ2) is 3.24. The van der Waals surface area contributed by atoms with Gasteiger partial charge in [0, 0.05) is 0 Å². The van der Waals surface area contributed by atoms with E-state index < -0.39 is 0 Å². The number of rotatable bonds is 2. The van der Waals surface area contributed by atoms with Crippen molar-refractivity contribution in [2.24, 2.45) is 0 Å². The summed E-state index contributed by atoms with van der Waals surface area (Å²) in [5, 5.41) is 8.64. The summed E-state index contributed by atoms with van der Waals surface area (Å²) in [7, 11) is 0. The van der Waals surface area contributed by atoms with Gasteiger partial charge in [0.25, 0.3) is 0 Å². The minimum Gasteiger partial charge on any atom is -0.505 e. The van der Waals surface area contributed by atoms with Crippen LogP contribution in [0.25, 0.3) is 0 Å². The molecule has 0 bridgehead atoms. The molecule has 8 heavy (non-hydrogen) atoms. The summed E-state index contributed by atoms with van der Waals surface area (Å²) in [4.78, 5) is 9.80. The van der Waals surface area contributed by atoms with Crippen LogP contribution in [0.15, 0.2) is 11.3 Å². The Bertz CT molecular complexity index is 114. The molecule has 0 radical (unpaired) electrons. The van der Waals surface area contributed by atoms with Crippen molar-refractivity contribution in [3.8, 4) is 0 Å². The molecule has 0 atom stereocenters. The van der Waals surface area contributed by atoms with E-state index in [9.17, 15) is 4.79 Å². The highest BCUT2D eigenvalue weighted by atomic mass is 16.3. The van der Waals surface area contributed by atoms with Crippen LogP contribution in [0, 0.1) is 0 Å². The van der Waals surface area contributed by atoms with Gasteiger partial charge < -0.3 is 5.11 Å². The van der Waals surface area contributed by atoms with E-state index in [-0.39, 0.29) is 5.76 Å². The number of carbonyl (C=O) groups is 1. The standard InChI is InChI=1S/C6H10O2/c1-3-5(2)6(8)4-7/h4,8H,3H2,1-2H3/b6-5-. The monoisotopic (exact) mass is 114 g/mol. The fourth-order valence-electron chi connectivity index (χ4n) is 0.282. The number of hydrogen-bond donors (Lipinski definition) is 1. The van der Waals surface area contributed by atoms with Crippen LogP contribution in [0.5, 0.6) is 0 Å². The predicted molar refractivity (Wildman–Crippen MR) is 31.7 cm³/mol. The zero-order chi connectivity index (χ0) is 6.57. The number of aldehydes is 1. The van der Waals surface area contributed by atoms with Crippen LogP contribution >= 0.6 is 0 Å². The van der Waals surface area contributed by atoms with Crippen LogP contribution in [0.4, 0.5) is 0 Å². The fourth-order valence-corrected chi connectivity index (χ4v) is 0.282. The van der Waals surface area contributed by atoms with Crippen LogP contribution < -0.4 is 0 Å². The van der Waals surface area contributed by atoms with Gasteiger partial charge in [0.15, 0.2) is 12.0 Å². The van der Waals surface area contributed by atoms with Gasteiger partial charge in [0.05, 0.1) is 0 Å². The van der Waals surface area contributed by atoms with Gasteiger partial charge in [-0.25, -0.2) is 0 Å². The van der Waals surface area contributed by atoms with Crippen LogP contribution in [0.2, 0.25) is 0 Å². The Morgan fingerprint density at radius 2 is 2.25 bits per heavy atom. The Balaban J connectivity index is 4.03. The van der Waals surface area contributed by atoms with Crippen molar-refractivity contribution in [1.29, 1.82) is 0 Å². The fraction of sp³-hybridized carbons (Fsp3) is 0.500. The first kappa shape index (κ1) is 7.21. The molecule has 0 amide bonds. The summed E-state index contributed by atoms with van der Waals surface area (Å²) >= 11 is 0. The zero-order valence-electron chi connectivity index (χ0n) is 5.14. The summed E-state index contributed by atoms with van der Waals surface area (Å²) in [5.41, 5.74) is 0.736. The molecule has 0 spiro atoms. The number of carbonyl (C=O) groups excluding carboxylic acids is 1. The molecule has 0 unspecified atom stereocenters. The highest BCUT2D eigenvalue weighted by Crippen LogP contribution is 2.00. The molecule has 2 heteroatoms. The Morgan fingerprint density at radius 3 is 2.38 bits per heavy atom. The topological polar surface area (TPSA) is 37.3 Å². The van der Waals surface area contributed by atoms with Gasteiger partial charge in [-0.15, -0.1) is 0 Å². The number of allylic oxidation sites excluding steroid dienone is 2. The van der Waals surface area contributed by atoms with Gasteiger partial charge in [-0.2, -0.15) is 0 Å². The van der Waals surface area contributed by atoms with Crippen molar-refractivity contribution in [1.82, 2.24) is 0 Å². The Kier molecular flexibility index (Phi) is 2.92. The Hall–Kier alpha value is -0.790. The van der Waals surface area contributed by atoms with Crippen molar-refractivity contribution in [2.45, 2.75) is 20.3 Å². The molecule has 0 heterocycles. The average Bonchev–Trinajstić information content (AvgIpc) is 1.84. The van der Waals surface area contributed by atoms with Crippen molar-refractivity contribution >= 4 is 6.29 Å². The number of aliphatic hydroxyl groups excluding tert-OH is 1. The SMILES string of the molecule is CC/C(C)=C(\O)C=O. The van der Waals surface area contributed by atoms with Gasteiger partial charge >= 0.3 is 0 Å². The summed E-state index contributed by atoms with van der Waals surface area (Å²) < 4.78 is 0. The summed E-state index contributed by atoms with van der Waals surface area (Å²) in [6, 6.07) is 0. The lowest BCUT2D eigenvalue weighted by atomic mass is 10.2. The van der Waals surface area contributed by atoms with Crippen LogP contribution in [-0.4, -0.2) is 11.4 Å². The molecule has 0 aromatic rings. The maximum atomic E-state index is 9.80. The Labute approximate surface area is 48.8 Å². The largest absolute Gasteiger partial charge is 0.505 e.